The van der Waals surface area contributed by atoms with Crippen LogP contribution in [0.15, 0.2) is 0 Å². The lowest BCUT2D eigenvalue weighted by atomic mass is 9.85. The van der Waals surface area contributed by atoms with Crippen molar-refractivity contribution in [2.75, 3.05) is 20.3 Å². The molecule has 0 amide bonds. The number of halogens is 6. The second-order valence-corrected chi connectivity index (χ2v) is 8.06. The topological polar surface area (TPSA) is 113 Å². The zero-order valence-electron chi connectivity index (χ0n) is 13.2. The summed E-state index contributed by atoms with van der Waals surface area (Å²) < 4.78 is 129. The molecular formula is C10H14F6O8S2. The lowest BCUT2D eigenvalue weighted by Crippen LogP contribution is -2.44. The summed E-state index contributed by atoms with van der Waals surface area (Å²) in [6.07, 6.45) is -0.694. The highest BCUT2D eigenvalue weighted by Crippen LogP contribution is 2.33. The standard InChI is InChI=1S/C10H14F6O8S2/c1-3-4-8(7(17)22-2,5-23-25(18,19)9(11,12)13)6-24-26(20,21)10(14,15)16/h3-6H2,1-2H3. The Morgan fingerprint density at radius 2 is 1.19 bits per heavy atom. The van der Waals surface area contributed by atoms with Gasteiger partial charge in [0.15, 0.2) is 0 Å². The van der Waals surface area contributed by atoms with Crippen molar-refractivity contribution in [3.8, 4) is 0 Å². The van der Waals surface area contributed by atoms with Gasteiger partial charge in [0.1, 0.15) is 5.41 Å². The first kappa shape index (κ1) is 24.9. The fraction of sp³-hybridized carbons (Fsp3) is 0.900. The molecule has 0 aromatic carbocycles. The fourth-order valence-electron chi connectivity index (χ4n) is 1.62. The van der Waals surface area contributed by atoms with Crippen LogP contribution in [0.3, 0.4) is 0 Å². The Labute approximate surface area is 144 Å². The Morgan fingerprint density at radius 3 is 1.42 bits per heavy atom. The quantitative estimate of drug-likeness (QED) is 0.230. The van der Waals surface area contributed by atoms with Crippen molar-refractivity contribution < 1.29 is 61.1 Å². The molecule has 0 saturated heterocycles. The molecule has 0 aromatic rings. The summed E-state index contributed by atoms with van der Waals surface area (Å²) in [5, 5.41) is 0. The van der Waals surface area contributed by atoms with Gasteiger partial charge in [-0.05, 0) is 6.42 Å². The third-order valence-electron chi connectivity index (χ3n) is 2.89. The zero-order valence-corrected chi connectivity index (χ0v) is 14.8. The van der Waals surface area contributed by atoms with Crippen LogP contribution in [-0.2, 0) is 38.1 Å². The third kappa shape index (κ3) is 5.95. The Kier molecular flexibility index (Phi) is 7.90. The fourth-order valence-corrected chi connectivity index (χ4v) is 2.64. The summed E-state index contributed by atoms with van der Waals surface area (Å²) in [6.45, 7) is -1.97. The number of carbonyl (C=O) groups excluding carboxylic acids is 1. The van der Waals surface area contributed by atoms with Crippen LogP contribution in [0.25, 0.3) is 0 Å². The Balaban J connectivity index is 5.75. The molecule has 0 rings (SSSR count). The molecule has 8 nitrogen and oxygen atoms in total. The van der Waals surface area contributed by atoms with Crippen LogP contribution in [0.5, 0.6) is 0 Å². The van der Waals surface area contributed by atoms with Crippen LogP contribution in [0.2, 0.25) is 0 Å². The molecule has 0 fully saturated rings. The van der Waals surface area contributed by atoms with Crippen LogP contribution in [-0.4, -0.2) is 54.1 Å². The maximum absolute atomic E-state index is 12.3. The minimum absolute atomic E-state index is 0.0973. The maximum Gasteiger partial charge on any atom is 0.523 e. The number of esters is 1. The van der Waals surface area contributed by atoms with Crippen molar-refractivity contribution in [3.05, 3.63) is 0 Å². The molecule has 0 saturated carbocycles. The van der Waals surface area contributed by atoms with Gasteiger partial charge in [-0.15, -0.1) is 0 Å². The molecule has 0 N–H and O–H groups in total. The lowest BCUT2D eigenvalue weighted by molar-refractivity contribution is -0.158. The number of carbonyl (C=O) groups is 1. The van der Waals surface area contributed by atoms with Crippen LogP contribution in [0.1, 0.15) is 19.8 Å². The van der Waals surface area contributed by atoms with E-state index in [1.165, 1.54) is 6.92 Å². The van der Waals surface area contributed by atoms with Crippen LogP contribution in [0.4, 0.5) is 26.3 Å². The first-order valence-corrected chi connectivity index (χ1v) is 9.27. The molecule has 0 aliphatic rings. The molecule has 0 radical (unpaired) electrons. The predicted molar refractivity (Wildman–Crippen MR) is 71.2 cm³/mol. The second-order valence-electron chi connectivity index (χ2n) is 4.85. The average Bonchev–Trinajstić information content (AvgIpc) is 2.47. The number of rotatable bonds is 9. The van der Waals surface area contributed by atoms with E-state index in [-0.39, 0.29) is 6.42 Å². The number of ether oxygens (including phenoxy) is 1. The van der Waals surface area contributed by atoms with Crippen LogP contribution >= 0.6 is 0 Å². The van der Waals surface area contributed by atoms with Crippen LogP contribution < -0.4 is 0 Å². The molecule has 0 spiro atoms. The van der Waals surface area contributed by atoms with Crippen molar-refractivity contribution in [2.45, 2.75) is 30.8 Å². The molecule has 0 aromatic heterocycles. The highest BCUT2D eigenvalue weighted by Gasteiger charge is 2.53. The van der Waals surface area contributed by atoms with E-state index >= 15 is 0 Å². The van der Waals surface area contributed by atoms with Gasteiger partial charge in [0.2, 0.25) is 0 Å². The number of hydrogen-bond donors (Lipinski definition) is 0. The summed E-state index contributed by atoms with van der Waals surface area (Å²) in [5.74, 6) is -1.52. The molecule has 0 atom stereocenters. The summed E-state index contributed by atoms with van der Waals surface area (Å²) >= 11 is 0. The molecule has 16 heteroatoms. The first-order chi connectivity index (χ1) is 11.5. The SMILES string of the molecule is CCCC(COS(=O)(=O)C(F)(F)F)(COS(=O)(=O)C(F)(F)F)C(=O)OC. The number of methoxy groups -OCH3 is 1. The average molecular weight is 440 g/mol. The van der Waals surface area contributed by atoms with Gasteiger partial charge in [0, 0.05) is 0 Å². The van der Waals surface area contributed by atoms with Gasteiger partial charge in [-0.1, -0.05) is 13.3 Å². The molecule has 0 heterocycles. The Bertz CT molecular complexity index is 646. The molecular weight excluding hydrogens is 426 g/mol. The second kappa shape index (κ2) is 8.26. The van der Waals surface area contributed by atoms with Gasteiger partial charge < -0.3 is 4.74 Å². The van der Waals surface area contributed by atoms with Crippen molar-refractivity contribution in [1.29, 1.82) is 0 Å². The summed E-state index contributed by atoms with van der Waals surface area (Å²) in [6, 6.07) is 0. The van der Waals surface area contributed by atoms with E-state index in [0.717, 1.165) is 0 Å². The molecule has 26 heavy (non-hydrogen) atoms. The molecule has 0 aliphatic carbocycles. The zero-order chi connectivity index (χ0) is 21.0. The van der Waals surface area contributed by atoms with Crippen molar-refractivity contribution in [2.24, 2.45) is 5.41 Å². The largest absolute Gasteiger partial charge is 0.523 e. The normalized spacial score (nSPS) is 14.3. The van der Waals surface area contributed by atoms with Crippen molar-refractivity contribution in [1.82, 2.24) is 0 Å². The molecule has 0 aliphatic heterocycles. The van der Waals surface area contributed by atoms with E-state index in [1.807, 2.05) is 0 Å². The minimum Gasteiger partial charge on any atom is -0.468 e. The van der Waals surface area contributed by atoms with E-state index in [9.17, 15) is 48.0 Å². The Hall–Kier alpha value is -1.13. The van der Waals surface area contributed by atoms with E-state index < -0.39 is 62.3 Å². The van der Waals surface area contributed by atoms with E-state index in [0.29, 0.717) is 7.11 Å². The van der Waals surface area contributed by atoms with Gasteiger partial charge in [0.05, 0.1) is 20.3 Å². The molecule has 156 valence electrons. The number of hydrogen-bond acceptors (Lipinski definition) is 8. The summed E-state index contributed by atoms with van der Waals surface area (Å²) in [7, 11) is -11.7. The summed E-state index contributed by atoms with van der Waals surface area (Å²) in [5.41, 5.74) is -14.3. The third-order valence-corrected chi connectivity index (χ3v) is 4.88. The highest BCUT2D eigenvalue weighted by molar-refractivity contribution is 7.87. The van der Waals surface area contributed by atoms with E-state index in [1.54, 1.807) is 0 Å². The predicted octanol–water partition coefficient (Wildman–Crippen LogP) is 1.68. The van der Waals surface area contributed by atoms with Gasteiger partial charge in [-0.3, -0.25) is 13.2 Å². The van der Waals surface area contributed by atoms with Gasteiger partial charge >= 0.3 is 37.2 Å². The first-order valence-electron chi connectivity index (χ1n) is 6.45. The molecule has 0 unspecified atom stereocenters. The monoisotopic (exact) mass is 440 g/mol. The minimum atomic E-state index is -6.21. The summed E-state index contributed by atoms with van der Waals surface area (Å²) in [4.78, 5) is 11.8. The van der Waals surface area contributed by atoms with E-state index in [2.05, 4.69) is 13.1 Å². The highest BCUT2D eigenvalue weighted by atomic mass is 32.2. The van der Waals surface area contributed by atoms with Crippen molar-refractivity contribution in [3.63, 3.8) is 0 Å². The lowest BCUT2D eigenvalue weighted by Gasteiger charge is -2.29. The van der Waals surface area contributed by atoms with Crippen LogP contribution in [0, 0.1) is 5.41 Å². The number of alkyl halides is 6. The molecule has 0 bridgehead atoms. The van der Waals surface area contributed by atoms with Gasteiger partial charge in [0.25, 0.3) is 0 Å². The van der Waals surface area contributed by atoms with Gasteiger partial charge in [-0.25, -0.2) is 0 Å². The Morgan fingerprint density at radius 1 is 0.846 bits per heavy atom. The van der Waals surface area contributed by atoms with Crippen molar-refractivity contribution >= 4 is 26.2 Å². The van der Waals surface area contributed by atoms with E-state index in [4.69, 9.17) is 0 Å². The maximum atomic E-state index is 12.3. The smallest absolute Gasteiger partial charge is 0.468 e. The van der Waals surface area contributed by atoms with Gasteiger partial charge in [-0.2, -0.15) is 43.2 Å².